The Morgan fingerprint density at radius 2 is 1.53 bits per heavy atom. The van der Waals surface area contributed by atoms with Gasteiger partial charge in [0, 0.05) is 48.8 Å². The van der Waals surface area contributed by atoms with Crippen LogP contribution in [0.3, 0.4) is 0 Å². The summed E-state index contributed by atoms with van der Waals surface area (Å²) >= 11 is 0. The van der Waals surface area contributed by atoms with Crippen molar-refractivity contribution in [2.75, 3.05) is 31.2 Å². The zero-order valence-electron chi connectivity index (χ0n) is 20.2. The van der Waals surface area contributed by atoms with Gasteiger partial charge in [0.25, 0.3) is 0 Å². The lowest BCUT2D eigenvalue weighted by Gasteiger charge is -2.28. The number of ketones is 2. The summed E-state index contributed by atoms with van der Waals surface area (Å²) in [6, 6.07) is 22.0. The molecule has 6 rings (SSSR count). The molecule has 1 aliphatic heterocycles. The van der Waals surface area contributed by atoms with E-state index < -0.39 is 0 Å². The van der Waals surface area contributed by atoms with E-state index in [0.717, 1.165) is 78.2 Å². The van der Waals surface area contributed by atoms with E-state index >= 15 is 0 Å². The topological polar surface area (TPSA) is 64.4 Å². The summed E-state index contributed by atoms with van der Waals surface area (Å²) in [5.74, 6) is 0.738. The number of benzene rings is 3. The maximum atomic E-state index is 12.9. The summed E-state index contributed by atoms with van der Waals surface area (Å²) in [5.41, 5.74) is 6.70. The number of morpholine rings is 1. The van der Waals surface area contributed by atoms with E-state index in [2.05, 4.69) is 9.88 Å². The molecule has 3 aromatic carbocycles. The van der Waals surface area contributed by atoms with E-state index in [0.29, 0.717) is 18.6 Å². The summed E-state index contributed by atoms with van der Waals surface area (Å²) < 4.78 is 7.46. The maximum Gasteiger partial charge on any atom is 0.167 e. The molecule has 6 heteroatoms. The molecule has 2 heterocycles. The minimum absolute atomic E-state index is 0.0960. The number of carbonyl (C=O) groups is 2. The Morgan fingerprint density at radius 1 is 0.833 bits per heavy atom. The fourth-order valence-corrected chi connectivity index (χ4v) is 4.87. The van der Waals surface area contributed by atoms with Gasteiger partial charge in [0.05, 0.1) is 24.2 Å². The third kappa shape index (κ3) is 4.82. The fraction of sp³-hybridized carbons (Fsp3) is 0.300. The summed E-state index contributed by atoms with van der Waals surface area (Å²) in [6.45, 7) is 3.24. The van der Waals surface area contributed by atoms with Gasteiger partial charge in [-0.25, -0.2) is 4.98 Å². The van der Waals surface area contributed by atoms with Gasteiger partial charge in [-0.05, 0) is 72.5 Å². The first-order chi connectivity index (χ1) is 17.6. The van der Waals surface area contributed by atoms with Crippen molar-refractivity contribution in [2.45, 2.75) is 25.7 Å². The molecule has 0 unspecified atom stereocenters. The molecule has 2 fully saturated rings. The second kappa shape index (κ2) is 9.70. The lowest BCUT2D eigenvalue weighted by Crippen LogP contribution is -2.36. The van der Waals surface area contributed by atoms with Crippen molar-refractivity contribution in [1.82, 2.24) is 9.55 Å². The van der Waals surface area contributed by atoms with Crippen LogP contribution < -0.4 is 4.90 Å². The van der Waals surface area contributed by atoms with Crippen molar-refractivity contribution in [2.24, 2.45) is 5.92 Å². The number of hydrogen-bond acceptors (Lipinski definition) is 5. The average molecular weight is 480 g/mol. The zero-order valence-corrected chi connectivity index (χ0v) is 20.2. The van der Waals surface area contributed by atoms with Crippen LogP contribution in [0, 0.1) is 5.92 Å². The first kappa shape index (κ1) is 22.7. The van der Waals surface area contributed by atoms with Crippen molar-refractivity contribution < 1.29 is 14.3 Å². The molecule has 0 bridgehead atoms. The predicted molar refractivity (Wildman–Crippen MR) is 140 cm³/mol. The van der Waals surface area contributed by atoms with Crippen LogP contribution in [0.25, 0.3) is 16.7 Å². The van der Waals surface area contributed by atoms with Crippen LogP contribution in [0.1, 0.15) is 34.3 Å². The number of ether oxygens (including phenoxy) is 1. The number of nitrogens with zero attached hydrogens (tertiary/aromatic N) is 3. The van der Waals surface area contributed by atoms with E-state index in [-0.39, 0.29) is 11.7 Å². The van der Waals surface area contributed by atoms with Crippen LogP contribution in [0.15, 0.2) is 73.1 Å². The van der Waals surface area contributed by atoms with Gasteiger partial charge in [-0.3, -0.25) is 14.2 Å². The number of anilines is 1. The lowest BCUT2D eigenvalue weighted by molar-refractivity contribution is -0.119. The van der Waals surface area contributed by atoms with Crippen LogP contribution in [-0.2, 0) is 22.4 Å². The third-order valence-corrected chi connectivity index (χ3v) is 7.17. The van der Waals surface area contributed by atoms with Gasteiger partial charge in [0.1, 0.15) is 12.1 Å². The average Bonchev–Trinajstić information content (AvgIpc) is 3.70. The standard InChI is InChI=1S/C30H29N3O3/c34-29(23-4-5-23)18-21-1-8-26(9-2-21)33-20-31-27-17-22(3-12-28(27)33)19-30(35)24-6-10-25(11-7-24)32-13-15-36-16-14-32/h1-3,6-12,17,20,23H,4-5,13-16,18-19H2. The molecule has 0 N–H and O–H groups in total. The number of carbonyl (C=O) groups excluding carboxylic acids is 2. The van der Waals surface area contributed by atoms with Crippen LogP contribution >= 0.6 is 0 Å². The minimum Gasteiger partial charge on any atom is -0.378 e. The second-order valence-corrected chi connectivity index (χ2v) is 9.77. The number of fused-ring (bicyclic) bond motifs is 1. The minimum atomic E-state index is 0.0960. The Labute approximate surface area is 210 Å². The number of imidazole rings is 1. The summed E-state index contributed by atoms with van der Waals surface area (Å²) in [6.07, 6.45) is 4.76. The quantitative estimate of drug-likeness (QED) is 0.340. The third-order valence-electron chi connectivity index (χ3n) is 7.17. The Morgan fingerprint density at radius 3 is 2.25 bits per heavy atom. The van der Waals surface area contributed by atoms with Crippen molar-refractivity contribution in [1.29, 1.82) is 0 Å². The Balaban J connectivity index is 1.14. The molecule has 2 aliphatic rings. The molecular weight excluding hydrogens is 450 g/mol. The Kier molecular flexibility index (Phi) is 6.11. The smallest absolute Gasteiger partial charge is 0.167 e. The van der Waals surface area contributed by atoms with Crippen molar-refractivity contribution in [3.05, 3.63) is 89.7 Å². The molecule has 1 aromatic heterocycles. The largest absolute Gasteiger partial charge is 0.378 e. The zero-order chi connectivity index (χ0) is 24.5. The number of aromatic nitrogens is 2. The Hall–Kier alpha value is -3.77. The highest BCUT2D eigenvalue weighted by atomic mass is 16.5. The SMILES string of the molecule is O=C(Cc1ccc2c(c1)ncn2-c1ccc(CC(=O)C2CC2)cc1)c1ccc(N2CCOCC2)cc1. The van der Waals surface area contributed by atoms with E-state index in [4.69, 9.17) is 4.74 Å². The first-order valence-electron chi connectivity index (χ1n) is 12.7. The molecule has 36 heavy (non-hydrogen) atoms. The van der Waals surface area contributed by atoms with Crippen LogP contribution in [0.5, 0.6) is 0 Å². The molecule has 1 aliphatic carbocycles. The summed E-state index contributed by atoms with van der Waals surface area (Å²) in [5, 5.41) is 0. The fourth-order valence-electron chi connectivity index (χ4n) is 4.87. The molecule has 6 nitrogen and oxygen atoms in total. The van der Waals surface area contributed by atoms with Gasteiger partial charge in [0.15, 0.2) is 5.78 Å². The number of Topliss-reactive ketones (excluding diaryl/α,β-unsaturated/α-hetero) is 2. The highest BCUT2D eigenvalue weighted by molar-refractivity contribution is 5.98. The van der Waals surface area contributed by atoms with Crippen molar-refractivity contribution in [3.8, 4) is 5.69 Å². The molecule has 0 atom stereocenters. The molecular formula is C30H29N3O3. The normalized spacial score (nSPS) is 15.8. The highest BCUT2D eigenvalue weighted by Gasteiger charge is 2.29. The van der Waals surface area contributed by atoms with Gasteiger partial charge in [0.2, 0.25) is 0 Å². The van der Waals surface area contributed by atoms with Crippen molar-refractivity contribution in [3.63, 3.8) is 0 Å². The summed E-state index contributed by atoms with van der Waals surface area (Å²) in [4.78, 5) is 31.9. The molecule has 182 valence electrons. The molecule has 1 saturated heterocycles. The van der Waals surface area contributed by atoms with Crippen LogP contribution in [0.2, 0.25) is 0 Å². The van der Waals surface area contributed by atoms with Gasteiger partial charge in [-0.2, -0.15) is 0 Å². The van der Waals surface area contributed by atoms with Gasteiger partial charge in [-0.1, -0.05) is 18.2 Å². The molecule has 0 amide bonds. The molecule has 1 saturated carbocycles. The Bertz CT molecular complexity index is 1400. The summed E-state index contributed by atoms with van der Waals surface area (Å²) in [7, 11) is 0. The van der Waals surface area contributed by atoms with Crippen LogP contribution in [-0.4, -0.2) is 47.4 Å². The van der Waals surface area contributed by atoms with Crippen molar-refractivity contribution >= 4 is 28.3 Å². The lowest BCUT2D eigenvalue weighted by atomic mass is 10.0. The van der Waals surface area contributed by atoms with Crippen LogP contribution in [0.4, 0.5) is 5.69 Å². The predicted octanol–water partition coefficient (Wildman–Crippen LogP) is 4.81. The monoisotopic (exact) mass is 479 g/mol. The highest BCUT2D eigenvalue weighted by Crippen LogP contribution is 2.31. The van der Waals surface area contributed by atoms with Gasteiger partial charge in [-0.15, -0.1) is 0 Å². The van der Waals surface area contributed by atoms with Gasteiger partial charge >= 0.3 is 0 Å². The van der Waals surface area contributed by atoms with E-state index in [1.807, 2.05) is 77.6 Å². The van der Waals surface area contributed by atoms with E-state index in [1.54, 1.807) is 0 Å². The molecule has 4 aromatic rings. The van der Waals surface area contributed by atoms with E-state index in [9.17, 15) is 9.59 Å². The van der Waals surface area contributed by atoms with E-state index in [1.165, 1.54) is 0 Å². The first-order valence-corrected chi connectivity index (χ1v) is 12.7. The maximum absolute atomic E-state index is 12.9. The number of rotatable bonds is 8. The van der Waals surface area contributed by atoms with Gasteiger partial charge < -0.3 is 9.64 Å². The molecule has 0 spiro atoms. The number of hydrogen-bond donors (Lipinski definition) is 0. The molecule has 0 radical (unpaired) electrons. The second-order valence-electron chi connectivity index (χ2n) is 9.77.